The molecule has 14 heavy (non-hydrogen) atoms. The maximum Gasteiger partial charge on any atom is 0.185 e. The summed E-state index contributed by atoms with van der Waals surface area (Å²) in [5, 5.41) is 1.10. The number of aromatic nitrogens is 1. The normalized spacial score (nSPS) is 12.9. The molecule has 0 saturated heterocycles. The van der Waals surface area contributed by atoms with Gasteiger partial charge in [0.2, 0.25) is 0 Å². The highest BCUT2D eigenvalue weighted by Gasteiger charge is 2.10. The molecule has 0 aliphatic heterocycles. The van der Waals surface area contributed by atoms with Gasteiger partial charge in [-0.1, -0.05) is 6.92 Å². The first kappa shape index (κ1) is 11.5. The molecule has 0 amide bonds. The Kier molecular flexibility index (Phi) is 4.35. The third-order valence-electron chi connectivity index (χ3n) is 2.11. The lowest BCUT2D eigenvalue weighted by Gasteiger charge is -2.18. The van der Waals surface area contributed by atoms with Crippen LogP contribution in [0.15, 0.2) is 6.20 Å². The molecule has 0 fully saturated rings. The molecular formula is C10H19N3S. The quantitative estimate of drug-likeness (QED) is 0.816. The van der Waals surface area contributed by atoms with Crippen LogP contribution in [0.3, 0.4) is 0 Å². The van der Waals surface area contributed by atoms with E-state index in [1.807, 2.05) is 13.1 Å². The Morgan fingerprint density at radius 2 is 2.29 bits per heavy atom. The molecule has 0 radical (unpaired) electrons. The molecule has 0 aliphatic rings. The topological polar surface area (TPSA) is 42.2 Å². The molecule has 3 nitrogen and oxygen atoms in total. The molecule has 2 N–H and O–H groups in total. The average molecular weight is 213 g/mol. The van der Waals surface area contributed by atoms with E-state index in [2.05, 4.69) is 23.7 Å². The zero-order valence-electron chi connectivity index (χ0n) is 9.16. The number of nitrogens with zero attached hydrogens (tertiary/aromatic N) is 2. The summed E-state index contributed by atoms with van der Waals surface area (Å²) in [6, 6.07) is 0.0987. The van der Waals surface area contributed by atoms with Crippen molar-refractivity contribution >= 4 is 16.5 Å². The fourth-order valence-corrected chi connectivity index (χ4v) is 2.25. The van der Waals surface area contributed by atoms with Crippen molar-refractivity contribution in [2.75, 3.05) is 18.0 Å². The highest BCUT2D eigenvalue weighted by Crippen LogP contribution is 2.25. The Balaban J connectivity index is 2.73. The van der Waals surface area contributed by atoms with Gasteiger partial charge >= 0.3 is 0 Å². The summed E-state index contributed by atoms with van der Waals surface area (Å²) in [5.41, 5.74) is 5.79. The van der Waals surface area contributed by atoms with Crippen molar-refractivity contribution in [1.29, 1.82) is 0 Å². The molecule has 0 saturated carbocycles. The van der Waals surface area contributed by atoms with E-state index in [-0.39, 0.29) is 6.04 Å². The van der Waals surface area contributed by atoms with Gasteiger partial charge in [-0.2, -0.15) is 0 Å². The first-order valence-electron chi connectivity index (χ1n) is 5.15. The summed E-state index contributed by atoms with van der Waals surface area (Å²) in [6.45, 7) is 8.42. The second kappa shape index (κ2) is 5.32. The van der Waals surface area contributed by atoms with Gasteiger partial charge in [-0.25, -0.2) is 4.98 Å². The van der Waals surface area contributed by atoms with Gasteiger partial charge in [0.25, 0.3) is 0 Å². The Hall–Kier alpha value is -0.610. The van der Waals surface area contributed by atoms with Crippen LogP contribution in [0.5, 0.6) is 0 Å². The summed E-state index contributed by atoms with van der Waals surface area (Å²) in [6.07, 6.45) is 3.05. The van der Waals surface area contributed by atoms with Gasteiger partial charge in [-0.3, -0.25) is 0 Å². The smallest absolute Gasteiger partial charge is 0.185 e. The molecule has 80 valence electrons. The van der Waals surface area contributed by atoms with Gasteiger partial charge in [0, 0.05) is 30.2 Å². The minimum atomic E-state index is 0.0987. The van der Waals surface area contributed by atoms with Crippen molar-refractivity contribution in [2.24, 2.45) is 5.73 Å². The molecule has 4 heteroatoms. The number of hydrogen-bond acceptors (Lipinski definition) is 4. The third-order valence-corrected chi connectivity index (χ3v) is 3.36. The van der Waals surface area contributed by atoms with Crippen LogP contribution in [0, 0.1) is 0 Å². The molecule has 1 heterocycles. The van der Waals surface area contributed by atoms with Crippen LogP contribution < -0.4 is 10.6 Å². The molecule has 1 aromatic rings. The Bertz CT molecular complexity index is 270. The number of anilines is 1. The summed E-state index contributed by atoms with van der Waals surface area (Å²) in [4.78, 5) is 7.84. The lowest BCUT2D eigenvalue weighted by atomic mass is 10.3. The summed E-state index contributed by atoms with van der Waals surface area (Å²) >= 11 is 1.70. The highest BCUT2D eigenvalue weighted by molar-refractivity contribution is 7.15. The monoisotopic (exact) mass is 213 g/mol. The number of hydrogen-bond donors (Lipinski definition) is 1. The van der Waals surface area contributed by atoms with Crippen molar-refractivity contribution < 1.29 is 0 Å². The maximum absolute atomic E-state index is 5.79. The first-order valence-corrected chi connectivity index (χ1v) is 5.96. The standard InChI is InChI=1S/C10H19N3S/c1-4-6-13(5-2)10-12-7-9(14-10)8(3)11/h7-8H,4-6,11H2,1-3H3. The third kappa shape index (κ3) is 2.69. The van der Waals surface area contributed by atoms with Crippen LogP contribution in [0.2, 0.25) is 0 Å². The van der Waals surface area contributed by atoms with Crippen molar-refractivity contribution in [2.45, 2.75) is 33.2 Å². The second-order valence-corrected chi connectivity index (χ2v) is 4.45. The van der Waals surface area contributed by atoms with Crippen molar-refractivity contribution in [3.8, 4) is 0 Å². The SMILES string of the molecule is CCCN(CC)c1ncc(C(C)N)s1. The predicted octanol–water partition coefficient (Wildman–Crippen LogP) is 2.40. The molecule has 0 spiro atoms. The summed E-state index contributed by atoms with van der Waals surface area (Å²) in [5.74, 6) is 0. The van der Waals surface area contributed by atoms with Gasteiger partial charge < -0.3 is 10.6 Å². The van der Waals surface area contributed by atoms with Crippen LogP contribution in [-0.4, -0.2) is 18.1 Å². The molecule has 1 rings (SSSR count). The second-order valence-electron chi connectivity index (χ2n) is 3.41. The molecule has 0 bridgehead atoms. The highest BCUT2D eigenvalue weighted by atomic mass is 32.1. The lowest BCUT2D eigenvalue weighted by Crippen LogP contribution is -2.22. The van der Waals surface area contributed by atoms with Gasteiger partial charge in [0.15, 0.2) is 5.13 Å². The van der Waals surface area contributed by atoms with E-state index in [0.717, 1.165) is 29.5 Å². The first-order chi connectivity index (χ1) is 6.69. The van der Waals surface area contributed by atoms with Crippen molar-refractivity contribution in [3.05, 3.63) is 11.1 Å². The molecular weight excluding hydrogens is 194 g/mol. The molecule has 1 aromatic heterocycles. The van der Waals surface area contributed by atoms with Crippen LogP contribution in [0.25, 0.3) is 0 Å². The van der Waals surface area contributed by atoms with E-state index in [4.69, 9.17) is 5.73 Å². The van der Waals surface area contributed by atoms with Gasteiger partial charge in [0.05, 0.1) is 0 Å². The van der Waals surface area contributed by atoms with Crippen LogP contribution in [0.4, 0.5) is 5.13 Å². The van der Waals surface area contributed by atoms with E-state index in [1.165, 1.54) is 0 Å². The molecule has 1 atom stereocenters. The minimum Gasteiger partial charge on any atom is -0.348 e. The van der Waals surface area contributed by atoms with E-state index in [9.17, 15) is 0 Å². The Morgan fingerprint density at radius 1 is 1.57 bits per heavy atom. The average Bonchev–Trinajstić information content (AvgIpc) is 2.63. The number of nitrogens with two attached hydrogens (primary N) is 1. The predicted molar refractivity (Wildman–Crippen MR) is 62.9 cm³/mol. The van der Waals surface area contributed by atoms with Gasteiger partial charge in [0.1, 0.15) is 0 Å². The van der Waals surface area contributed by atoms with Crippen LogP contribution >= 0.6 is 11.3 Å². The Morgan fingerprint density at radius 3 is 2.71 bits per heavy atom. The largest absolute Gasteiger partial charge is 0.348 e. The number of rotatable bonds is 5. The van der Waals surface area contributed by atoms with Gasteiger partial charge in [-0.05, 0) is 20.3 Å². The maximum atomic E-state index is 5.79. The molecule has 0 aromatic carbocycles. The fraction of sp³-hybridized carbons (Fsp3) is 0.700. The zero-order chi connectivity index (χ0) is 10.6. The molecule has 0 aliphatic carbocycles. The van der Waals surface area contributed by atoms with Gasteiger partial charge in [-0.15, -0.1) is 11.3 Å². The van der Waals surface area contributed by atoms with E-state index >= 15 is 0 Å². The fourth-order valence-electron chi connectivity index (χ4n) is 1.29. The zero-order valence-corrected chi connectivity index (χ0v) is 9.97. The lowest BCUT2D eigenvalue weighted by molar-refractivity contribution is 0.788. The summed E-state index contributed by atoms with van der Waals surface area (Å²) < 4.78 is 0. The van der Waals surface area contributed by atoms with E-state index in [0.29, 0.717) is 0 Å². The van der Waals surface area contributed by atoms with E-state index < -0.39 is 0 Å². The molecule has 1 unspecified atom stereocenters. The van der Waals surface area contributed by atoms with Crippen molar-refractivity contribution in [3.63, 3.8) is 0 Å². The summed E-state index contributed by atoms with van der Waals surface area (Å²) in [7, 11) is 0. The van der Waals surface area contributed by atoms with Crippen LogP contribution in [-0.2, 0) is 0 Å². The van der Waals surface area contributed by atoms with E-state index in [1.54, 1.807) is 11.3 Å². The Labute approximate surface area is 89.9 Å². The van der Waals surface area contributed by atoms with Crippen LogP contribution in [0.1, 0.15) is 38.1 Å². The number of thiazole rings is 1. The van der Waals surface area contributed by atoms with Crippen molar-refractivity contribution in [1.82, 2.24) is 4.98 Å². The minimum absolute atomic E-state index is 0.0987.